The van der Waals surface area contributed by atoms with Crippen LogP contribution in [0.15, 0.2) is 138 Å². The molecule has 0 aliphatic heterocycles. The van der Waals surface area contributed by atoms with Crippen LogP contribution in [-0.2, 0) is 0 Å². The van der Waals surface area contributed by atoms with Gasteiger partial charge in [0, 0.05) is 15.6 Å². The van der Waals surface area contributed by atoms with Crippen LogP contribution in [0.3, 0.4) is 0 Å². The zero-order valence-electron chi connectivity index (χ0n) is 23.9. The van der Waals surface area contributed by atoms with Gasteiger partial charge in [0.1, 0.15) is 0 Å². The van der Waals surface area contributed by atoms with Gasteiger partial charge in [0.25, 0.3) is 0 Å². The summed E-state index contributed by atoms with van der Waals surface area (Å²) in [5.41, 5.74) is 11.0. The molecule has 0 unspecified atom stereocenters. The Balaban J connectivity index is 1.31. The second-order valence-electron chi connectivity index (χ2n) is 10.9. The van der Waals surface area contributed by atoms with E-state index in [4.69, 9.17) is 9.97 Å². The Kier molecular flexibility index (Phi) is 6.87. The highest BCUT2D eigenvalue weighted by Crippen LogP contribution is 2.39. The van der Waals surface area contributed by atoms with E-state index in [2.05, 4.69) is 147 Å². The molecule has 4 heterocycles. The van der Waals surface area contributed by atoms with Gasteiger partial charge in [-0.1, -0.05) is 72.8 Å². The fourth-order valence-electron chi connectivity index (χ4n) is 5.81. The third kappa shape index (κ3) is 5.03. The van der Waals surface area contributed by atoms with E-state index in [1.165, 1.54) is 32.0 Å². The van der Waals surface area contributed by atoms with Crippen LogP contribution in [0.2, 0.25) is 0 Å². The van der Waals surface area contributed by atoms with Crippen LogP contribution >= 0.6 is 35.3 Å². The minimum atomic E-state index is 0.968. The summed E-state index contributed by atoms with van der Waals surface area (Å²) in [5.74, 6) is 0. The van der Waals surface area contributed by atoms with Crippen LogP contribution in [0, 0.1) is 6.92 Å². The lowest BCUT2D eigenvalue weighted by atomic mass is 9.94. The molecule has 0 saturated carbocycles. The van der Waals surface area contributed by atoms with Crippen molar-refractivity contribution in [2.45, 2.75) is 11.1 Å². The maximum atomic E-state index is 5.12. The zero-order chi connectivity index (χ0) is 29.6. The van der Waals surface area contributed by atoms with Crippen molar-refractivity contribution in [3.63, 3.8) is 0 Å². The number of nitrogens with zero attached hydrogens (tertiary/aromatic N) is 2. The van der Waals surface area contributed by atoms with Crippen LogP contribution in [0.25, 0.3) is 76.3 Å². The zero-order valence-corrected chi connectivity index (χ0v) is 26.4. The quantitative estimate of drug-likeness (QED) is 0.194. The Bertz CT molecular complexity index is 2140. The molecule has 0 aliphatic carbocycles. The van der Waals surface area contributed by atoms with E-state index in [9.17, 15) is 0 Å². The monoisotopic (exact) mass is 618 g/mol. The summed E-state index contributed by atoms with van der Waals surface area (Å²) in [7, 11) is 0. The number of hydrogen-bond acceptors (Lipinski definition) is 5. The van der Waals surface area contributed by atoms with Crippen LogP contribution in [0.4, 0.5) is 0 Å². The molecule has 0 N–H and O–H groups in total. The molecule has 4 aromatic heterocycles. The van der Waals surface area contributed by atoms with E-state index in [1.807, 2.05) is 6.07 Å². The Morgan fingerprint density at radius 2 is 0.977 bits per heavy atom. The van der Waals surface area contributed by atoms with Gasteiger partial charge in [-0.05, 0) is 101 Å². The summed E-state index contributed by atoms with van der Waals surface area (Å²) >= 11 is 7.98. The van der Waals surface area contributed by atoms with E-state index in [-0.39, 0.29) is 0 Å². The molecular weight excluding hydrogens is 593 g/mol. The van der Waals surface area contributed by atoms with Crippen molar-refractivity contribution in [1.82, 2.24) is 9.97 Å². The largest absolute Gasteiger partial charge is 0.247 e. The molecule has 4 aromatic carbocycles. The van der Waals surface area contributed by atoms with E-state index in [1.54, 1.807) is 22.7 Å². The van der Waals surface area contributed by atoms with Crippen molar-refractivity contribution in [2.75, 3.05) is 0 Å². The first kappa shape index (κ1) is 27.0. The predicted molar refractivity (Wildman–Crippen MR) is 192 cm³/mol. The summed E-state index contributed by atoms with van der Waals surface area (Å²) in [6.45, 7) is 2.14. The van der Waals surface area contributed by atoms with Crippen LogP contribution in [0.1, 0.15) is 4.88 Å². The molecule has 8 aromatic rings. The number of hydrogen-bond donors (Lipinski definition) is 1. The topological polar surface area (TPSA) is 25.8 Å². The Labute approximate surface area is 269 Å². The molecule has 0 aliphatic rings. The van der Waals surface area contributed by atoms with Gasteiger partial charge in [0.05, 0.1) is 36.4 Å². The molecule has 210 valence electrons. The van der Waals surface area contributed by atoms with Gasteiger partial charge in [-0.15, -0.1) is 35.3 Å². The fraction of sp³-hybridized carbons (Fsp3) is 0.0256. The maximum Gasteiger partial charge on any atom is 0.0816 e. The number of pyridine rings is 2. The Morgan fingerprint density at radius 1 is 0.477 bits per heavy atom. The maximum absolute atomic E-state index is 5.12. The van der Waals surface area contributed by atoms with Crippen molar-refractivity contribution in [2.24, 2.45) is 0 Å². The molecule has 0 bridgehead atoms. The van der Waals surface area contributed by atoms with Gasteiger partial charge in [0.15, 0.2) is 0 Å². The van der Waals surface area contributed by atoms with Gasteiger partial charge < -0.3 is 0 Å². The highest BCUT2D eigenvalue weighted by molar-refractivity contribution is 7.83. The van der Waals surface area contributed by atoms with Crippen molar-refractivity contribution < 1.29 is 0 Å². The van der Waals surface area contributed by atoms with Gasteiger partial charge in [-0.3, -0.25) is 0 Å². The molecule has 0 spiro atoms. The number of rotatable bonds is 5. The first-order valence-electron chi connectivity index (χ1n) is 14.5. The molecule has 0 fully saturated rings. The summed E-state index contributed by atoms with van der Waals surface area (Å²) in [6, 6.07) is 47.4. The standard InChI is InChI=1S/C39H26N2S3/c1-24-12-17-37(43-24)35-22-29(25-8-4-2-5-9-25)31-20-27(13-15-33(31)40-35)28-14-16-34-32(21-28)30(26-10-6-3-7-11-26)23-36(41-34)38-18-19-39(42)44-38/h2-23,42H,1H3. The smallest absolute Gasteiger partial charge is 0.0816 e. The van der Waals surface area contributed by atoms with Crippen molar-refractivity contribution in [1.29, 1.82) is 0 Å². The molecule has 44 heavy (non-hydrogen) atoms. The van der Waals surface area contributed by atoms with E-state index in [0.717, 1.165) is 53.4 Å². The third-order valence-electron chi connectivity index (χ3n) is 7.96. The predicted octanol–water partition coefficient (Wildman–Crippen LogP) is 11.8. The van der Waals surface area contributed by atoms with Crippen LogP contribution < -0.4 is 0 Å². The summed E-state index contributed by atoms with van der Waals surface area (Å²) < 4.78 is 0.983. The number of fused-ring (bicyclic) bond motifs is 2. The average molecular weight is 619 g/mol. The van der Waals surface area contributed by atoms with Crippen molar-refractivity contribution >= 4 is 57.1 Å². The summed E-state index contributed by atoms with van der Waals surface area (Å²) in [6.07, 6.45) is 0. The first-order valence-corrected chi connectivity index (χ1v) is 16.5. The van der Waals surface area contributed by atoms with E-state index >= 15 is 0 Å². The Hall–Kier alpha value is -4.55. The molecule has 0 amide bonds. The number of benzene rings is 4. The van der Waals surface area contributed by atoms with Crippen LogP contribution in [0.5, 0.6) is 0 Å². The van der Waals surface area contributed by atoms with Gasteiger partial charge >= 0.3 is 0 Å². The molecule has 5 heteroatoms. The summed E-state index contributed by atoms with van der Waals surface area (Å²) in [4.78, 5) is 13.8. The van der Waals surface area contributed by atoms with Crippen LogP contribution in [-0.4, -0.2) is 9.97 Å². The lowest BCUT2D eigenvalue weighted by molar-refractivity contribution is 1.41. The molecule has 0 atom stereocenters. The normalized spacial score (nSPS) is 11.4. The minimum Gasteiger partial charge on any atom is -0.247 e. The molecule has 8 rings (SSSR count). The fourth-order valence-corrected chi connectivity index (χ4v) is 7.72. The van der Waals surface area contributed by atoms with E-state index < -0.39 is 0 Å². The first-order chi connectivity index (χ1) is 21.6. The van der Waals surface area contributed by atoms with Gasteiger partial charge in [-0.25, -0.2) is 9.97 Å². The molecule has 2 nitrogen and oxygen atoms in total. The number of thiol groups is 1. The lowest BCUT2D eigenvalue weighted by Gasteiger charge is -2.13. The van der Waals surface area contributed by atoms with Gasteiger partial charge in [0.2, 0.25) is 0 Å². The van der Waals surface area contributed by atoms with Crippen molar-refractivity contribution in [3.05, 3.63) is 138 Å². The second kappa shape index (κ2) is 11.2. The molecule has 0 saturated heterocycles. The highest BCUT2D eigenvalue weighted by Gasteiger charge is 2.15. The highest BCUT2D eigenvalue weighted by atomic mass is 32.2. The Morgan fingerprint density at radius 3 is 1.43 bits per heavy atom. The van der Waals surface area contributed by atoms with Crippen molar-refractivity contribution in [3.8, 4) is 54.5 Å². The number of aryl methyl sites for hydroxylation is 1. The number of aromatic nitrogens is 2. The minimum absolute atomic E-state index is 0.968. The van der Waals surface area contributed by atoms with Gasteiger partial charge in [-0.2, -0.15) is 0 Å². The molecular formula is C39H26N2S3. The lowest BCUT2D eigenvalue weighted by Crippen LogP contribution is -1.91. The number of thiophene rings is 2. The second-order valence-corrected chi connectivity index (χ2v) is 14.0. The SMILES string of the molecule is Cc1ccc(-c2cc(-c3ccccc3)c3cc(-c4ccc5nc(-c6ccc(S)s6)cc(-c6ccccc6)c5c4)ccc3n2)s1. The molecule has 0 radical (unpaired) electrons. The average Bonchev–Trinajstić information content (AvgIpc) is 3.72. The van der Waals surface area contributed by atoms with E-state index in [0.29, 0.717) is 0 Å². The summed E-state index contributed by atoms with van der Waals surface area (Å²) in [5, 5.41) is 2.27. The third-order valence-corrected chi connectivity index (χ3v) is 10.3.